The minimum atomic E-state index is -0.258. The molecule has 2 aromatic heterocycles. The van der Waals surface area contributed by atoms with Crippen LogP contribution in [-0.2, 0) is 0 Å². The van der Waals surface area contributed by atoms with Crippen LogP contribution < -0.4 is 11.1 Å². The van der Waals surface area contributed by atoms with Crippen molar-refractivity contribution in [1.29, 1.82) is 0 Å². The Morgan fingerprint density at radius 3 is 2.50 bits per heavy atom. The highest BCUT2D eigenvalue weighted by molar-refractivity contribution is 5.88. The van der Waals surface area contributed by atoms with Crippen LogP contribution in [0.5, 0.6) is 0 Å². The maximum atomic E-state index is 12.7. The standard InChI is InChI=1S/C16H10N2O2/c19-15-14-9-10-5-1-2-6-11(10)16(20)18(14)13-8-4-3-7-12(13)17-15/h1-9H,(H,17,19). The van der Waals surface area contributed by atoms with Gasteiger partial charge in [-0.15, -0.1) is 0 Å². The first-order valence-electron chi connectivity index (χ1n) is 6.31. The van der Waals surface area contributed by atoms with Gasteiger partial charge in [-0.05, 0) is 29.7 Å². The molecule has 0 bridgehead atoms. The number of aromatic amines is 1. The second-order valence-electron chi connectivity index (χ2n) is 4.73. The van der Waals surface area contributed by atoms with E-state index in [1.807, 2.05) is 36.4 Å². The molecule has 4 aromatic rings. The second kappa shape index (κ2) is 3.81. The zero-order valence-corrected chi connectivity index (χ0v) is 10.5. The molecule has 2 heterocycles. The summed E-state index contributed by atoms with van der Waals surface area (Å²) in [5.41, 5.74) is 1.31. The van der Waals surface area contributed by atoms with E-state index in [2.05, 4.69) is 4.98 Å². The van der Waals surface area contributed by atoms with E-state index in [4.69, 9.17) is 0 Å². The Kier molecular flexibility index (Phi) is 2.09. The molecule has 0 amide bonds. The Morgan fingerprint density at radius 1 is 0.850 bits per heavy atom. The molecular formula is C16H10N2O2. The number of aromatic nitrogens is 2. The van der Waals surface area contributed by atoms with Crippen LogP contribution in [0.15, 0.2) is 64.2 Å². The number of rotatable bonds is 0. The maximum Gasteiger partial charge on any atom is 0.272 e. The number of benzene rings is 2. The number of H-pyrrole nitrogens is 1. The molecular weight excluding hydrogens is 252 g/mol. The fraction of sp³-hybridized carbons (Fsp3) is 0. The highest BCUT2D eigenvalue weighted by Gasteiger charge is 2.09. The van der Waals surface area contributed by atoms with Crippen molar-refractivity contribution in [3.8, 4) is 0 Å². The molecule has 0 unspecified atom stereocenters. The lowest BCUT2D eigenvalue weighted by Gasteiger charge is -2.07. The first-order chi connectivity index (χ1) is 9.75. The summed E-state index contributed by atoms with van der Waals surface area (Å²) in [7, 11) is 0. The monoisotopic (exact) mass is 262 g/mol. The van der Waals surface area contributed by atoms with Gasteiger partial charge >= 0.3 is 0 Å². The van der Waals surface area contributed by atoms with Gasteiger partial charge in [-0.1, -0.05) is 30.3 Å². The van der Waals surface area contributed by atoms with Crippen LogP contribution in [0, 0.1) is 0 Å². The molecule has 0 aliphatic carbocycles. The normalized spacial score (nSPS) is 11.4. The van der Waals surface area contributed by atoms with Gasteiger partial charge in [-0.25, -0.2) is 0 Å². The third-order valence-electron chi connectivity index (χ3n) is 3.55. The Bertz CT molecular complexity index is 1080. The summed E-state index contributed by atoms with van der Waals surface area (Å²) < 4.78 is 1.48. The molecule has 0 aliphatic rings. The Labute approximate surface area is 112 Å². The molecule has 0 spiro atoms. The summed E-state index contributed by atoms with van der Waals surface area (Å²) in [6.45, 7) is 0. The van der Waals surface area contributed by atoms with E-state index in [9.17, 15) is 9.59 Å². The molecule has 96 valence electrons. The Hall–Kier alpha value is -2.88. The number of nitrogens with one attached hydrogen (secondary N) is 1. The lowest BCUT2D eigenvalue weighted by Crippen LogP contribution is -2.21. The molecule has 4 rings (SSSR count). The van der Waals surface area contributed by atoms with Crippen molar-refractivity contribution in [3.63, 3.8) is 0 Å². The highest BCUT2D eigenvalue weighted by Crippen LogP contribution is 2.14. The van der Waals surface area contributed by atoms with E-state index in [-0.39, 0.29) is 11.1 Å². The first kappa shape index (κ1) is 11.0. The maximum absolute atomic E-state index is 12.7. The third-order valence-corrected chi connectivity index (χ3v) is 3.55. The molecule has 0 fully saturated rings. The Morgan fingerprint density at radius 2 is 1.60 bits per heavy atom. The molecule has 0 aliphatic heterocycles. The molecule has 4 nitrogen and oxygen atoms in total. The van der Waals surface area contributed by atoms with Crippen LogP contribution >= 0.6 is 0 Å². The molecule has 0 saturated carbocycles. The van der Waals surface area contributed by atoms with Gasteiger partial charge in [0.2, 0.25) is 0 Å². The van der Waals surface area contributed by atoms with Crippen LogP contribution in [-0.4, -0.2) is 9.38 Å². The average molecular weight is 262 g/mol. The van der Waals surface area contributed by atoms with Crippen LogP contribution in [0.3, 0.4) is 0 Å². The third kappa shape index (κ3) is 1.36. The summed E-state index contributed by atoms with van der Waals surface area (Å²) in [4.78, 5) is 27.6. The highest BCUT2D eigenvalue weighted by atomic mass is 16.1. The van der Waals surface area contributed by atoms with Gasteiger partial charge in [0.1, 0.15) is 5.52 Å². The fourth-order valence-corrected chi connectivity index (χ4v) is 2.63. The zero-order chi connectivity index (χ0) is 13.7. The van der Waals surface area contributed by atoms with Crippen molar-refractivity contribution in [2.45, 2.75) is 0 Å². The van der Waals surface area contributed by atoms with Crippen molar-refractivity contribution in [2.24, 2.45) is 0 Å². The van der Waals surface area contributed by atoms with Gasteiger partial charge in [0.25, 0.3) is 11.1 Å². The van der Waals surface area contributed by atoms with E-state index in [1.54, 1.807) is 18.2 Å². The zero-order valence-electron chi connectivity index (χ0n) is 10.5. The fourth-order valence-electron chi connectivity index (χ4n) is 2.63. The van der Waals surface area contributed by atoms with E-state index in [1.165, 1.54) is 4.40 Å². The average Bonchev–Trinajstić information content (AvgIpc) is 2.48. The molecule has 0 saturated heterocycles. The van der Waals surface area contributed by atoms with Gasteiger partial charge in [0.05, 0.1) is 11.0 Å². The van der Waals surface area contributed by atoms with Gasteiger partial charge in [-0.2, -0.15) is 0 Å². The molecule has 0 atom stereocenters. The quantitative estimate of drug-likeness (QED) is 0.390. The van der Waals surface area contributed by atoms with Gasteiger partial charge in [0, 0.05) is 5.39 Å². The van der Waals surface area contributed by atoms with Crippen LogP contribution in [0.4, 0.5) is 0 Å². The minimum absolute atomic E-state index is 0.166. The summed E-state index contributed by atoms with van der Waals surface area (Å²) in [6.07, 6.45) is 0. The lowest BCUT2D eigenvalue weighted by atomic mass is 10.1. The number of hydrogen-bond acceptors (Lipinski definition) is 2. The lowest BCUT2D eigenvalue weighted by molar-refractivity contribution is 1.13. The van der Waals surface area contributed by atoms with Gasteiger partial charge in [0.15, 0.2) is 0 Å². The van der Waals surface area contributed by atoms with Crippen LogP contribution in [0.25, 0.3) is 27.3 Å². The number of hydrogen-bond donors (Lipinski definition) is 1. The summed E-state index contributed by atoms with van der Waals surface area (Å²) in [6, 6.07) is 16.3. The smallest absolute Gasteiger partial charge is 0.272 e. The molecule has 4 heteroatoms. The second-order valence-corrected chi connectivity index (χ2v) is 4.73. The van der Waals surface area contributed by atoms with E-state index in [0.29, 0.717) is 21.9 Å². The summed E-state index contributed by atoms with van der Waals surface area (Å²) in [5.74, 6) is 0. The predicted octanol–water partition coefficient (Wildman–Crippen LogP) is 2.29. The molecule has 2 aromatic carbocycles. The van der Waals surface area contributed by atoms with Crippen molar-refractivity contribution in [2.75, 3.05) is 0 Å². The predicted molar refractivity (Wildman–Crippen MR) is 79.3 cm³/mol. The SMILES string of the molecule is O=c1[nH]c2ccccc2n2c(=O)c3ccccc3cc12. The van der Waals surface area contributed by atoms with Crippen molar-refractivity contribution < 1.29 is 0 Å². The number of para-hydroxylation sites is 2. The summed E-state index contributed by atoms with van der Waals surface area (Å²) in [5, 5.41) is 1.39. The van der Waals surface area contributed by atoms with Gasteiger partial charge < -0.3 is 4.98 Å². The number of fused-ring (bicyclic) bond motifs is 4. The van der Waals surface area contributed by atoms with Crippen LogP contribution in [0.1, 0.15) is 0 Å². The van der Waals surface area contributed by atoms with Gasteiger partial charge in [-0.3, -0.25) is 14.0 Å². The number of nitrogens with zero attached hydrogens (tertiary/aromatic N) is 1. The summed E-state index contributed by atoms with van der Waals surface area (Å²) >= 11 is 0. The number of pyridine rings is 1. The van der Waals surface area contributed by atoms with Crippen molar-refractivity contribution in [1.82, 2.24) is 9.38 Å². The van der Waals surface area contributed by atoms with Crippen molar-refractivity contribution >= 4 is 27.3 Å². The van der Waals surface area contributed by atoms with Crippen LogP contribution in [0.2, 0.25) is 0 Å². The molecule has 1 N–H and O–H groups in total. The molecule has 20 heavy (non-hydrogen) atoms. The topological polar surface area (TPSA) is 54.3 Å². The van der Waals surface area contributed by atoms with E-state index < -0.39 is 0 Å². The Balaban J connectivity index is 2.44. The van der Waals surface area contributed by atoms with E-state index in [0.717, 1.165) is 5.39 Å². The van der Waals surface area contributed by atoms with Crippen molar-refractivity contribution in [3.05, 3.63) is 75.3 Å². The van der Waals surface area contributed by atoms with E-state index >= 15 is 0 Å². The largest absolute Gasteiger partial charge is 0.319 e. The minimum Gasteiger partial charge on any atom is -0.319 e. The molecule has 0 radical (unpaired) electrons. The first-order valence-corrected chi connectivity index (χ1v) is 6.31.